The molecule has 22 heavy (non-hydrogen) atoms. The quantitative estimate of drug-likeness (QED) is 0.942. The molecule has 0 radical (unpaired) electrons. The summed E-state index contributed by atoms with van der Waals surface area (Å²) in [6.45, 7) is 0.639. The van der Waals surface area contributed by atoms with Gasteiger partial charge in [-0.1, -0.05) is 24.3 Å². The van der Waals surface area contributed by atoms with E-state index < -0.39 is 9.84 Å². The molecule has 0 amide bonds. The molecule has 0 fully saturated rings. The van der Waals surface area contributed by atoms with Crippen molar-refractivity contribution in [1.29, 1.82) is 0 Å². The molecule has 3 rings (SSSR count). The number of nitrogens with two attached hydrogens (primary N) is 1. The zero-order valence-corrected chi connectivity index (χ0v) is 13.4. The lowest BCUT2D eigenvalue weighted by Crippen LogP contribution is -2.15. The van der Waals surface area contributed by atoms with Crippen molar-refractivity contribution in [3.05, 3.63) is 59.7 Å². The van der Waals surface area contributed by atoms with E-state index in [2.05, 4.69) is 0 Å². The Bertz CT molecular complexity index is 754. The van der Waals surface area contributed by atoms with Crippen LogP contribution >= 0.6 is 0 Å². The van der Waals surface area contributed by atoms with E-state index in [4.69, 9.17) is 5.73 Å². The van der Waals surface area contributed by atoms with Crippen LogP contribution in [-0.4, -0.2) is 15.0 Å². The number of hydrogen-bond donors (Lipinski definition) is 1. The van der Waals surface area contributed by atoms with E-state index in [0.29, 0.717) is 22.3 Å². The van der Waals surface area contributed by atoms with Crippen molar-refractivity contribution < 1.29 is 8.42 Å². The second-order valence-corrected chi connectivity index (χ2v) is 7.79. The fourth-order valence-electron chi connectivity index (χ4n) is 3.28. The Kier molecular flexibility index (Phi) is 4.32. The fourth-order valence-corrected chi connectivity index (χ4v) is 4.60. The minimum atomic E-state index is -3.44. The third-order valence-electron chi connectivity index (χ3n) is 4.43. The Morgan fingerprint density at radius 3 is 2.55 bits per heavy atom. The molecule has 3 nitrogen and oxygen atoms in total. The molecule has 0 saturated carbocycles. The van der Waals surface area contributed by atoms with Crippen LogP contribution in [-0.2, 0) is 16.3 Å². The first kappa shape index (κ1) is 15.3. The second-order valence-electron chi connectivity index (χ2n) is 5.84. The summed E-state index contributed by atoms with van der Waals surface area (Å²) in [7, 11) is -3.44. The smallest absolute Gasteiger partial charge is 0.206 e. The van der Waals surface area contributed by atoms with Gasteiger partial charge in [-0.2, -0.15) is 0 Å². The van der Waals surface area contributed by atoms with Crippen LogP contribution in [0.15, 0.2) is 58.3 Å². The summed E-state index contributed by atoms with van der Waals surface area (Å²) in [6, 6.07) is 14.2. The summed E-state index contributed by atoms with van der Waals surface area (Å²) >= 11 is 0. The Balaban J connectivity index is 2.05. The van der Waals surface area contributed by atoms with Gasteiger partial charge in [0.15, 0.2) is 0 Å². The van der Waals surface area contributed by atoms with Gasteiger partial charge in [0.1, 0.15) is 0 Å². The summed E-state index contributed by atoms with van der Waals surface area (Å²) in [5.41, 5.74) is 8.16. The molecule has 4 heteroatoms. The van der Waals surface area contributed by atoms with Gasteiger partial charge in [-0.15, -0.1) is 0 Å². The molecule has 1 aliphatic rings. The van der Waals surface area contributed by atoms with E-state index in [9.17, 15) is 8.42 Å². The van der Waals surface area contributed by atoms with Crippen LogP contribution in [0.5, 0.6) is 0 Å². The normalized spacial score (nSPS) is 18.0. The van der Waals surface area contributed by atoms with Crippen LogP contribution in [0.3, 0.4) is 0 Å². The van der Waals surface area contributed by atoms with Crippen molar-refractivity contribution in [3.63, 3.8) is 0 Å². The van der Waals surface area contributed by atoms with E-state index in [1.807, 2.05) is 18.2 Å². The molecule has 1 atom stereocenters. The van der Waals surface area contributed by atoms with Crippen LogP contribution < -0.4 is 5.73 Å². The molecule has 1 unspecified atom stereocenters. The summed E-state index contributed by atoms with van der Waals surface area (Å²) in [6.07, 6.45) is 4.20. The molecule has 2 N–H and O–H groups in total. The van der Waals surface area contributed by atoms with Crippen molar-refractivity contribution in [2.45, 2.75) is 41.4 Å². The number of sulfone groups is 1. The van der Waals surface area contributed by atoms with E-state index in [0.717, 1.165) is 25.7 Å². The first-order valence-corrected chi connectivity index (χ1v) is 9.24. The third kappa shape index (κ3) is 2.81. The molecular weight excluding hydrogens is 294 g/mol. The highest BCUT2D eigenvalue weighted by Crippen LogP contribution is 2.36. The SMILES string of the molecule is NCCC1CCCc2ccc(S(=O)(=O)c3ccccc3)cc21. The van der Waals surface area contributed by atoms with Crippen molar-refractivity contribution in [3.8, 4) is 0 Å². The van der Waals surface area contributed by atoms with Crippen molar-refractivity contribution >= 4 is 9.84 Å². The van der Waals surface area contributed by atoms with E-state index >= 15 is 0 Å². The van der Waals surface area contributed by atoms with Gasteiger partial charge in [0.25, 0.3) is 0 Å². The lowest BCUT2D eigenvalue weighted by molar-refractivity contribution is 0.524. The minimum Gasteiger partial charge on any atom is -0.330 e. The Morgan fingerprint density at radius 2 is 1.82 bits per heavy atom. The van der Waals surface area contributed by atoms with Gasteiger partial charge in [-0.3, -0.25) is 0 Å². The Morgan fingerprint density at radius 1 is 1.05 bits per heavy atom. The molecule has 0 aromatic heterocycles. The highest BCUT2D eigenvalue weighted by Gasteiger charge is 2.24. The molecular formula is C18H21NO2S. The maximum absolute atomic E-state index is 12.8. The molecule has 0 aliphatic heterocycles. The average molecular weight is 315 g/mol. The molecule has 0 bridgehead atoms. The molecule has 2 aromatic rings. The van der Waals surface area contributed by atoms with Gasteiger partial charge in [-0.25, -0.2) is 8.42 Å². The fraction of sp³-hybridized carbons (Fsp3) is 0.333. The lowest BCUT2D eigenvalue weighted by atomic mass is 9.81. The predicted molar refractivity (Wildman–Crippen MR) is 87.7 cm³/mol. The van der Waals surface area contributed by atoms with E-state index in [1.165, 1.54) is 11.1 Å². The van der Waals surface area contributed by atoms with Gasteiger partial charge in [-0.05, 0) is 73.5 Å². The topological polar surface area (TPSA) is 60.2 Å². The maximum atomic E-state index is 12.8. The number of hydrogen-bond acceptors (Lipinski definition) is 3. The Labute approximate surface area is 132 Å². The summed E-state index contributed by atoms with van der Waals surface area (Å²) in [4.78, 5) is 0.738. The van der Waals surface area contributed by atoms with Gasteiger partial charge >= 0.3 is 0 Å². The minimum absolute atomic E-state index is 0.348. The standard InChI is InChI=1S/C18H21NO2S/c19-12-11-15-6-4-5-14-9-10-17(13-18(14)15)22(20,21)16-7-2-1-3-8-16/h1-3,7-10,13,15H,4-6,11-12,19H2. The molecule has 0 saturated heterocycles. The third-order valence-corrected chi connectivity index (χ3v) is 6.20. The number of rotatable bonds is 4. The van der Waals surface area contributed by atoms with E-state index in [1.54, 1.807) is 30.3 Å². The monoisotopic (exact) mass is 315 g/mol. The molecule has 116 valence electrons. The van der Waals surface area contributed by atoms with E-state index in [-0.39, 0.29) is 0 Å². The van der Waals surface area contributed by atoms with Crippen LogP contribution in [0, 0.1) is 0 Å². The van der Waals surface area contributed by atoms with Gasteiger partial charge < -0.3 is 5.73 Å². The number of fused-ring (bicyclic) bond motifs is 1. The highest BCUT2D eigenvalue weighted by molar-refractivity contribution is 7.91. The first-order valence-electron chi connectivity index (χ1n) is 7.76. The zero-order chi connectivity index (χ0) is 15.6. The van der Waals surface area contributed by atoms with Gasteiger partial charge in [0.2, 0.25) is 9.84 Å². The Hall–Kier alpha value is -1.65. The molecule has 0 heterocycles. The van der Waals surface area contributed by atoms with Crippen molar-refractivity contribution in [2.24, 2.45) is 5.73 Å². The number of benzene rings is 2. The highest BCUT2D eigenvalue weighted by atomic mass is 32.2. The number of aryl methyl sites for hydroxylation is 1. The maximum Gasteiger partial charge on any atom is 0.206 e. The molecule has 1 aliphatic carbocycles. The largest absolute Gasteiger partial charge is 0.330 e. The zero-order valence-electron chi connectivity index (χ0n) is 12.5. The van der Waals surface area contributed by atoms with Crippen LogP contribution in [0.25, 0.3) is 0 Å². The van der Waals surface area contributed by atoms with Gasteiger partial charge in [0, 0.05) is 0 Å². The van der Waals surface area contributed by atoms with Crippen molar-refractivity contribution in [2.75, 3.05) is 6.54 Å². The second kappa shape index (κ2) is 6.23. The van der Waals surface area contributed by atoms with Crippen LogP contribution in [0.1, 0.15) is 36.3 Å². The van der Waals surface area contributed by atoms with Crippen molar-refractivity contribution in [1.82, 2.24) is 0 Å². The predicted octanol–water partition coefficient (Wildman–Crippen LogP) is 3.29. The lowest BCUT2D eigenvalue weighted by Gasteiger charge is -2.25. The van der Waals surface area contributed by atoms with Crippen LogP contribution in [0.2, 0.25) is 0 Å². The summed E-state index contributed by atoms with van der Waals surface area (Å²) in [5.74, 6) is 0.389. The van der Waals surface area contributed by atoms with Gasteiger partial charge in [0.05, 0.1) is 9.79 Å². The summed E-state index contributed by atoms with van der Waals surface area (Å²) < 4.78 is 25.5. The first-order chi connectivity index (χ1) is 10.6. The average Bonchev–Trinajstić information content (AvgIpc) is 2.56. The summed E-state index contributed by atoms with van der Waals surface area (Å²) in [5, 5.41) is 0. The van der Waals surface area contributed by atoms with Crippen LogP contribution in [0.4, 0.5) is 0 Å². The molecule has 2 aromatic carbocycles. The molecule has 0 spiro atoms.